The normalized spacial score (nSPS) is 10.8. The molecule has 0 N–H and O–H groups in total. The van der Waals surface area contributed by atoms with E-state index in [1.165, 1.54) is 0 Å². The lowest BCUT2D eigenvalue weighted by molar-refractivity contribution is -0.151. The molecule has 1 rings (SSSR count). The van der Waals surface area contributed by atoms with Crippen molar-refractivity contribution < 1.29 is 23.9 Å². The minimum atomic E-state index is -1.07. The quantitative estimate of drug-likeness (QED) is 0.145. The van der Waals surface area contributed by atoms with Gasteiger partial charge in [0.1, 0.15) is 5.57 Å². The van der Waals surface area contributed by atoms with Crippen molar-refractivity contribution in [3.05, 3.63) is 47.7 Å². The van der Waals surface area contributed by atoms with Crippen LogP contribution in [-0.4, -0.2) is 30.7 Å². The first-order valence-corrected chi connectivity index (χ1v) is 6.24. The summed E-state index contributed by atoms with van der Waals surface area (Å²) in [4.78, 5) is 35.6. The van der Waals surface area contributed by atoms with Gasteiger partial charge in [-0.1, -0.05) is 30.3 Å². The number of carbonyl (C=O) groups excluding carboxylic acids is 3. The summed E-state index contributed by atoms with van der Waals surface area (Å²) < 4.78 is 9.59. The van der Waals surface area contributed by atoms with Crippen molar-refractivity contribution in [2.24, 2.45) is 0 Å². The van der Waals surface area contributed by atoms with Crippen LogP contribution in [0.25, 0.3) is 0 Å². The molecule has 0 atom stereocenters. The fraction of sp³-hybridized carbons (Fsp3) is 0.267. The zero-order chi connectivity index (χ0) is 15.0. The Morgan fingerprint density at radius 2 is 1.70 bits per heavy atom. The van der Waals surface area contributed by atoms with Gasteiger partial charge in [0, 0.05) is 5.56 Å². The van der Waals surface area contributed by atoms with E-state index in [-0.39, 0.29) is 18.8 Å². The second-order valence-corrected chi connectivity index (χ2v) is 3.73. The maximum Gasteiger partial charge on any atom is 0.379 e. The summed E-state index contributed by atoms with van der Waals surface area (Å²) in [7, 11) is 0. The number of rotatable bonds is 7. The van der Waals surface area contributed by atoms with E-state index in [9.17, 15) is 14.4 Å². The van der Waals surface area contributed by atoms with Crippen molar-refractivity contribution in [2.75, 3.05) is 13.2 Å². The van der Waals surface area contributed by atoms with Gasteiger partial charge in [-0.05, 0) is 13.8 Å². The van der Waals surface area contributed by atoms with Crippen LogP contribution in [0.3, 0.4) is 0 Å². The molecule has 20 heavy (non-hydrogen) atoms. The van der Waals surface area contributed by atoms with Crippen molar-refractivity contribution in [3.8, 4) is 0 Å². The largest absolute Gasteiger partial charge is 0.501 e. The number of ketones is 2. The Morgan fingerprint density at radius 3 is 2.25 bits per heavy atom. The van der Waals surface area contributed by atoms with Gasteiger partial charge < -0.3 is 9.47 Å². The van der Waals surface area contributed by atoms with Crippen molar-refractivity contribution in [2.45, 2.75) is 13.8 Å². The lowest BCUT2D eigenvalue weighted by Crippen LogP contribution is -2.24. The van der Waals surface area contributed by atoms with Crippen LogP contribution in [0.1, 0.15) is 24.2 Å². The number of carbonyl (C=O) groups is 3. The highest BCUT2D eigenvalue weighted by Crippen LogP contribution is 2.10. The Kier molecular flexibility index (Phi) is 6.16. The highest BCUT2D eigenvalue weighted by atomic mass is 16.5. The first kappa shape index (κ1) is 15.6. The van der Waals surface area contributed by atoms with E-state index in [4.69, 9.17) is 4.74 Å². The fourth-order valence-corrected chi connectivity index (χ4v) is 1.43. The maximum absolute atomic E-state index is 12.2. The third-order valence-electron chi connectivity index (χ3n) is 2.35. The molecule has 0 heterocycles. The molecule has 0 amide bonds. The second-order valence-electron chi connectivity index (χ2n) is 3.73. The summed E-state index contributed by atoms with van der Waals surface area (Å²) in [5.41, 5.74) is -0.0346. The molecule has 0 aromatic heterocycles. The van der Waals surface area contributed by atoms with Crippen LogP contribution in [0.2, 0.25) is 0 Å². The summed E-state index contributed by atoms with van der Waals surface area (Å²) in [6.45, 7) is 3.62. The van der Waals surface area contributed by atoms with Gasteiger partial charge in [-0.3, -0.25) is 9.59 Å². The van der Waals surface area contributed by atoms with Gasteiger partial charge in [0.15, 0.2) is 5.78 Å². The summed E-state index contributed by atoms with van der Waals surface area (Å²) >= 11 is 0. The predicted octanol–water partition coefficient (Wildman–Crippen LogP) is 1.92. The minimum Gasteiger partial charge on any atom is -0.501 e. The average molecular weight is 276 g/mol. The fourth-order valence-electron chi connectivity index (χ4n) is 1.43. The van der Waals surface area contributed by atoms with E-state index in [0.717, 1.165) is 6.26 Å². The van der Waals surface area contributed by atoms with Gasteiger partial charge in [-0.15, -0.1) is 0 Å². The minimum absolute atomic E-state index is 0.0615. The van der Waals surface area contributed by atoms with Crippen LogP contribution >= 0.6 is 0 Å². The molecule has 5 nitrogen and oxygen atoms in total. The number of benzene rings is 1. The lowest BCUT2D eigenvalue weighted by atomic mass is 10.0. The van der Waals surface area contributed by atoms with Crippen molar-refractivity contribution >= 4 is 17.5 Å². The highest BCUT2D eigenvalue weighted by Gasteiger charge is 2.27. The average Bonchev–Trinajstić information content (AvgIpc) is 2.48. The zero-order valence-corrected chi connectivity index (χ0v) is 11.4. The summed E-state index contributed by atoms with van der Waals surface area (Å²) in [6.07, 6.45) is 1.01. The number of hydrogen-bond donors (Lipinski definition) is 0. The third-order valence-corrected chi connectivity index (χ3v) is 2.35. The SMILES string of the molecule is CCO/C=C(/C(=O)C(=O)OCC)C(=O)c1ccccc1. The molecule has 0 radical (unpaired) electrons. The molecule has 1 aromatic carbocycles. The molecular formula is C15H16O5. The van der Waals surface area contributed by atoms with Crippen LogP contribution < -0.4 is 0 Å². The molecule has 0 unspecified atom stereocenters. The third kappa shape index (κ3) is 4.05. The monoisotopic (exact) mass is 276 g/mol. The predicted molar refractivity (Wildman–Crippen MR) is 72.1 cm³/mol. The van der Waals surface area contributed by atoms with Crippen LogP contribution in [0.4, 0.5) is 0 Å². The molecule has 0 fully saturated rings. The molecule has 1 aromatic rings. The highest BCUT2D eigenvalue weighted by molar-refractivity contribution is 6.48. The molecule has 0 saturated heterocycles. The molecule has 106 valence electrons. The number of esters is 1. The van der Waals surface area contributed by atoms with Crippen LogP contribution in [0.5, 0.6) is 0 Å². The van der Waals surface area contributed by atoms with Crippen molar-refractivity contribution in [1.82, 2.24) is 0 Å². The summed E-state index contributed by atoms with van der Waals surface area (Å²) in [5.74, 6) is -2.64. The van der Waals surface area contributed by atoms with Gasteiger partial charge in [-0.2, -0.15) is 0 Å². The van der Waals surface area contributed by atoms with Gasteiger partial charge in [-0.25, -0.2) is 4.79 Å². The van der Waals surface area contributed by atoms with Crippen LogP contribution in [0.15, 0.2) is 42.2 Å². The molecular weight excluding hydrogens is 260 g/mol. The smallest absolute Gasteiger partial charge is 0.379 e. The molecule has 0 spiro atoms. The molecule has 0 aliphatic carbocycles. The molecule has 0 aliphatic rings. The van der Waals surface area contributed by atoms with E-state index < -0.39 is 17.5 Å². The van der Waals surface area contributed by atoms with E-state index in [2.05, 4.69) is 4.74 Å². The van der Waals surface area contributed by atoms with E-state index in [1.54, 1.807) is 44.2 Å². The first-order valence-electron chi connectivity index (χ1n) is 6.24. The Balaban J connectivity index is 3.04. The van der Waals surface area contributed by atoms with Crippen molar-refractivity contribution in [1.29, 1.82) is 0 Å². The van der Waals surface area contributed by atoms with E-state index >= 15 is 0 Å². The van der Waals surface area contributed by atoms with Gasteiger partial charge in [0.05, 0.1) is 19.5 Å². The molecule has 5 heteroatoms. The topological polar surface area (TPSA) is 69.7 Å². The number of hydrogen-bond acceptors (Lipinski definition) is 5. The Morgan fingerprint density at radius 1 is 1.05 bits per heavy atom. The Labute approximate surface area is 117 Å². The van der Waals surface area contributed by atoms with Crippen LogP contribution in [-0.2, 0) is 19.1 Å². The standard InChI is InChI=1S/C15H16O5/c1-3-19-10-12(14(17)15(18)20-4-2)13(16)11-8-6-5-7-9-11/h5-10H,3-4H2,1-2H3/b12-10+. The summed E-state index contributed by atoms with van der Waals surface area (Å²) in [6, 6.07) is 8.19. The maximum atomic E-state index is 12.2. The molecule has 0 bridgehead atoms. The van der Waals surface area contributed by atoms with Gasteiger partial charge >= 0.3 is 5.97 Å². The Hall–Kier alpha value is -2.43. The van der Waals surface area contributed by atoms with Crippen molar-refractivity contribution in [3.63, 3.8) is 0 Å². The Bertz CT molecular complexity index is 516. The molecule has 0 aliphatic heterocycles. The van der Waals surface area contributed by atoms with E-state index in [1.807, 2.05) is 0 Å². The second kappa shape index (κ2) is 7.89. The van der Waals surface area contributed by atoms with Gasteiger partial charge in [0.25, 0.3) is 5.78 Å². The zero-order valence-electron chi connectivity index (χ0n) is 11.4. The number of Topliss-reactive ketones (excluding diaryl/α,β-unsaturated/α-hetero) is 2. The van der Waals surface area contributed by atoms with Crippen LogP contribution in [0, 0.1) is 0 Å². The number of ether oxygens (including phenoxy) is 2. The molecule has 0 saturated carbocycles. The van der Waals surface area contributed by atoms with Gasteiger partial charge in [0.2, 0.25) is 0 Å². The lowest BCUT2D eigenvalue weighted by Gasteiger charge is -2.06. The first-order chi connectivity index (χ1) is 9.61. The summed E-state index contributed by atoms with van der Waals surface area (Å²) in [5, 5.41) is 0. The van der Waals surface area contributed by atoms with E-state index in [0.29, 0.717) is 5.56 Å².